The molecular formula is C13H21ClN2O. The normalized spacial score (nSPS) is 11.5. The summed E-state index contributed by atoms with van der Waals surface area (Å²) in [5.74, 6) is 0.134. The summed E-state index contributed by atoms with van der Waals surface area (Å²) in [6.45, 7) is 4.67. The molecule has 0 saturated heterocycles. The van der Waals surface area contributed by atoms with Gasteiger partial charge in [0.25, 0.3) is 0 Å². The highest BCUT2D eigenvalue weighted by Gasteiger charge is 2.17. The molecule has 0 bridgehead atoms. The minimum atomic E-state index is -0.00342. The molecule has 1 rings (SSSR count). The van der Waals surface area contributed by atoms with Crippen molar-refractivity contribution in [1.29, 1.82) is 0 Å². The molecule has 1 unspecified atom stereocenters. The SMILES string of the molecule is CNCC(C)C(=O)N(C)c1ccc(C)cc1.Cl. The lowest BCUT2D eigenvalue weighted by molar-refractivity contribution is -0.121. The lowest BCUT2D eigenvalue weighted by Crippen LogP contribution is -2.35. The van der Waals surface area contributed by atoms with E-state index in [9.17, 15) is 4.79 Å². The van der Waals surface area contributed by atoms with Gasteiger partial charge >= 0.3 is 0 Å². The van der Waals surface area contributed by atoms with Crippen LogP contribution in [0, 0.1) is 12.8 Å². The van der Waals surface area contributed by atoms with E-state index in [2.05, 4.69) is 5.32 Å². The predicted molar refractivity (Wildman–Crippen MR) is 74.9 cm³/mol. The molecule has 0 spiro atoms. The van der Waals surface area contributed by atoms with Crippen LogP contribution in [-0.2, 0) is 4.79 Å². The lowest BCUT2D eigenvalue weighted by atomic mass is 10.1. The molecule has 0 aromatic heterocycles. The van der Waals surface area contributed by atoms with E-state index in [1.165, 1.54) is 5.56 Å². The standard InChI is InChI=1S/C13H20N2O.ClH/c1-10-5-7-12(8-6-10)15(4)13(16)11(2)9-14-3;/h5-8,11,14H,9H2,1-4H3;1H. The van der Waals surface area contributed by atoms with Gasteiger partial charge in [-0.1, -0.05) is 24.6 Å². The van der Waals surface area contributed by atoms with Gasteiger partial charge in [-0.2, -0.15) is 0 Å². The zero-order chi connectivity index (χ0) is 12.1. The van der Waals surface area contributed by atoms with Crippen molar-refractivity contribution in [1.82, 2.24) is 5.32 Å². The zero-order valence-corrected chi connectivity index (χ0v) is 11.7. The fraction of sp³-hybridized carbons (Fsp3) is 0.462. The molecule has 0 aliphatic rings. The maximum Gasteiger partial charge on any atom is 0.230 e. The van der Waals surface area contributed by atoms with Crippen LogP contribution in [0.3, 0.4) is 0 Å². The summed E-state index contributed by atoms with van der Waals surface area (Å²) in [5.41, 5.74) is 2.14. The van der Waals surface area contributed by atoms with Crippen molar-refractivity contribution >= 4 is 24.0 Å². The van der Waals surface area contributed by atoms with Gasteiger partial charge in [0.2, 0.25) is 5.91 Å². The molecule has 96 valence electrons. The van der Waals surface area contributed by atoms with Crippen molar-refractivity contribution in [2.75, 3.05) is 25.5 Å². The molecule has 0 aliphatic carbocycles. The monoisotopic (exact) mass is 256 g/mol. The number of carbonyl (C=O) groups is 1. The second-order valence-corrected chi connectivity index (χ2v) is 4.19. The summed E-state index contributed by atoms with van der Waals surface area (Å²) >= 11 is 0. The summed E-state index contributed by atoms with van der Waals surface area (Å²) < 4.78 is 0. The van der Waals surface area contributed by atoms with E-state index in [-0.39, 0.29) is 24.2 Å². The van der Waals surface area contributed by atoms with E-state index in [0.29, 0.717) is 6.54 Å². The summed E-state index contributed by atoms with van der Waals surface area (Å²) in [7, 11) is 3.68. The first-order chi connectivity index (χ1) is 7.56. The van der Waals surface area contributed by atoms with Crippen LogP contribution in [0.5, 0.6) is 0 Å². The van der Waals surface area contributed by atoms with Crippen molar-refractivity contribution in [2.45, 2.75) is 13.8 Å². The number of hydrogen-bond acceptors (Lipinski definition) is 2. The number of rotatable bonds is 4. The maximum absolute atomic E-state index is 12.0. The molecule has 1 aromatic rings. The number of amides is 1. The number of nitrogens with zero attached hydrogens (tertiary/aromatic N) is 1. The van der Waals surface area contributed by atoms with Crippen molar-refractivity contribution in [3.8, 4) is 0 Å². The Morgan fingerprint density at radius 2 is 1.88 bits per heavy atom. The fourth-order valence-corrected chi connectivity index (χ4v) is 1.62. The number of halogens is 1. The van der Waals surface area contributed by atoms with Crippen molar-refractivity contribution in [2.24, 2.45) is 5.92 Å². The maximum atomic E-state index is 12.0. The van der Waals surface area contributed by atoms with Gasteiger partial charge in [0.05, 0.1) is 0 Å². The van der Waals surface area contributed by atoms with E-state index in [1.807, 2.05) is 52.2 Å². The number of benzene rings is 1. The van der Waals surface area contributed by atoms with Gasteiger partial charge in [-0.3, -0.25) is 4.79 Å². The molecule has 0 heterocycles. The minimum absolute atomic E-state index is 0. The van der Waals surface area contributed by atoms with Crippen LogP contribution >= 0.6 is 12.4 Å². The highest BCUT2D eigenvalue weighted by Crippen LogP contribution is 2.15. The summed E-state index contributed by atoms with van der Waals surface area (Å²) in [6, 6.07) is 7.97. The van der Waals surface area contributed by atoms with Crippen LogP contribution in [0.25, 0.3) is 0 Å². The number of carbonyl (C=O) groups excluding carboxylic acids is 1. The van der Waals surface area contributed by atoms with Gasteiger partial charge in [-0.05, 0) is 26.1 Å². The molecule has 1 atom stereocenters. The van der Waals surface area contributed by atoms with Gasteiger partial charge < -0.3 is 10.2 Å². The smallest absolute Gasteiger partial charge is 0.230 e. The molecule has 3 nitrogen and oxygen atoms in total. The highest BCUT2D eigenvalue weighted by molar-refractivity contribution is 5.94. The van der Waals surface area contributed by atoms with E-state index in [0.717, 1.165) is 5.69 Å². The average molecular weight is 257 g/mol. The number of nitrogens with one attached hydrogen (secondary N) is 1. The number of aryl methyl sites for hydroxylation is 1. The molecule has 17 heavy (non-hydrogen) atoms. The van der Waals surface area contributed by atoms with Crippen LogP contribution in [0.1, 0.15) is 12.5 Å². The molecule has 0 aliphatic heterocycles. The quantitative estimate of drug-likeness (QED) is 0.896. The number of anilines is 1. The summed E-state index contributed by atoms with van der Waals surface area (Å²) in [5, 5.41) is 3.02. The van der Waals surface area contributed by atoms with E-state index in [1.54, 1.807) is 4.90 Å². The average Bonchev–Trinajstić information content (AvgIpc) is 2.28. The van der Waals surface area contributed by atoms with Gasteiger partial charge in [-0.15, -0.1) is 12.4 Å². The topological polar surface area (TPSA) is 32.3 Å². The van der Waals surface area contributed by atoms with Gasteiger partial charge in [-0.25, -0.2) is 0 Å². The van der Waals surface area contributed by atoms with E-state index in [4.69, 9.17) is 0 Å². The third-order valence-corrected chi connectivity index (χ3v) is 2.68. The zero-order valence-electron chi connectivity index (χ0n) is 10.9. The first-order valence-corrected chi connectivity index (χ1v) is 5.55. The summed E-state index contributed by atoms with van der Waals surface area (Å²) in [4.78, 5) is 13.7. The molecule has 0 fully saturated rings. The minimum Gasteiger partial charge on any atom is -0.319 e. The first-order valence-electron chi connectivity index (χ1n) is 5.55. The second-order valence-electron chi connectivity index (χ2n) is 4.19. The van der Waals surface area contributed by atoms with Gasteiger partial charge in [0, 0.05) is 25.2 Å². The Hall–Kier alpha value is -1.06. The third kappa shape index (κ3) is 4.36. The second kappa shape index (κ2) is 7.30. The molecule has 4 heteroatoms. The van der Waals surface area contributed by atoms with Crippen molar-refractivity contribution in [3.05, 3.63) is 29.8 Å². The molecular weight excluding hydrogens is 236 g/mol. The van der Waals surface area contributed by atoms with Crippen LogP contribution in [-0.4, -0.2) is 26.5 Å². The highest BCUT2D eigenvalue weighted by atomic mass is 35.5. The Bertz CT molecular complexity index is 351. The summed E-state index contributed by atoms with van der Waals surface area (Å²) in [6.07, 6.45) is 0. The first kappa shape index (κ1) is 15.9. The van der Waals surface area contributed by atoms with Crippen LogP contribution in [0.2, 0.25) is 0 Å². The molecule has 1 N–H and O–H groups in total. The van der Waals surface area contributed by atoms with Gasteiger partial charge in [0.1, 0.15) is 0 Å². The van der Waals surface area contributed by atoms with Crippen LogP contribution < -0.4 is 10.2 Å². The van der Waals surface area contributed by atoms with Crippen LogP contribution in [0.4, 0.5) is 5.69 Å². The Morgan fingerprint density at radius 3 is 2.35 bits per heavy atom. The van der Waals surface area contributed by atoms with Gasteiger partial charge in [0.15, 0.2) is 0 Å². The van der Waals surface area contributed by atoms with E-state index >= 15 is 0 Å². The Morgan fingerprint density at radius 1 is 1.35 bits per heavy atom. The largest absolute Gasteiger partial charge is 0.319 e. The molecule has 0 saturated carbocycles. The Kier molecular flexibility index (Phi) is 6.85. The molecule has 1 aromatic carbocycles. The third-order valence-electron chi connectivity index (χ3n) is 2.68. The Labute approximate surface area is 110 Å². The lowest BCUT2D eigenvalue weighted by Gasteiger charge is -2.21. The fourth-order valence-electron chi connectivity index (χ4n) is 1.62. The van der Waals surface area contributed by atoms with Crippen molar-refractivity contribution in [3.63, 3.8) is 0 Å². The van der Waals surface area contributed by atoms with E-state index < -0.39 is 0 Å². The Balaban J connectivity index is 0.00000256. The molecule has 0 radical (unpaired) electrons. The van der Waals surface area contributed by atoms with Crippen LogP contribution in [0.15, 0.2) is 24.3 Å². The van der Waals surface area contributed by atoms with Crippen molar-refractivity contribution < 1.29 is 4.79 Å². The molecule has 1 amide bonds. The predicted octanol–water partition coefficient (Wildman–Crippen LogP) is 2.24. The number of hydrogen-bond donors (Lipinski definition) is 1.